The Hall–Kier alpha value is -2.11. The molecule has 0 fully saturated rings. The quantitative estimate of drug-likeness (QED) is 0.540. The van der Waals surface area contributed by atoms with E-state index in [0.717, 1.165) is 21.7 Å². The summed E-state index contributed by atoms with van der Waals surface area (Å²) in [5.74, 6) is 0. The Bertz CT molecular complexity index is 925. The SMILES string of the molecule is Cn1cc(-c2csc3ccc(Sc4ccccc4)nc23)cn1. The van der Waals surface area contributed by atoms with E-state index in [4.69, 9.17) is 4.98 Å². The molecule has 4 rings (SSSR count). The molecule has 108 valence electrons. The highest BCUT2D eigenvalue weighted by Gasteiger charge is 2.10. The van der Waals surface area contributed by atoms with E-state index in [0.29, 0.717) is 0 Å². The molecular weight excluding hydrogens is 310 g/mol. The van der Waals surface area contributed by atoms with Gasteiger partial charge in [0.05, 0.1) is 16.4 Å². The third-order valence-electron chi connectivity index (χ3n) is 3.37. The lowest BCUT2D eigenvalue weighted by atomic mass is 10.2. The zero-order valence-corrected chi connectivity index (χ0v) is 13.6. The number of aromatic nitrogens is 3. The van der Waals surface area contributed by atoms with Crippen LogP contribution in [0.5, 0.6) is 0 Å². The maximum atomic E-state index is 4.85. The lowest BCUT2D eigenvalue weighted by molar-refractivity contribution is 0.768. The van der Waals surface area contributed by atoms with E-state index in [1.807, 2.05) is 42.3 Å². The smallest absolute Gasteiger partial charge is 0.102 e. The van der Waals surface area contributed by atoms with Crippen molar-refractivity contribution in [3.63, 3.8) is 0 Å². The minimum absolute atomic E-state index is 1.02. The molecular formula is C17H13N3S2. The van der Waals surface area contributed by atoms with E-state index in [9.17, 15) is 0 Å². The van der Waals surface area contributed by atoms with Gasteiger partial charge in [0, 0.05) is 34.6 Å². The van der Waals surface area contributed by atoms with Crippen LogP contribution in [0.15, 0.2) is 70.2 Å². The minimum atomic E-state index is 1.02. The van der Waals surface area contributed by atoms with Gasteiger partial charge in [0.15, 0.2) is 0 Å². The lowest BCUT2D eigenvalue weighted by Crippen LogP contribution is -1.84. The maximum absolute atomic E-state index is 4.85. The predicted molar refractivity (Wildman–Crippen MR) is 92.4 cm³/mol. The molecule has 0 N–H and O–H groups in total. The molecule has 3 aromatic heterocycles. The molecule has 0 unspecified atom stereocenters. The second kappa shape index (κ2) is 5.59. The number of nitrogens with zero attached hydrogens (tertiary/aromatic N) is 3. The number of fused-ring (bicyclic) bond motifs is 1. The van der Waals surface area contributed by atoms with Crippen molar-refractivity contribution in [1.82, 2.24) is 14.8 Å². The molecule has 4 aromatic rings. The number of hydrogen-bond donors (Lipinski definition) is 0. The maximum Gasteiger partial charge on any atom is 0.102 e. The molecule has 22 heavy (non-hydrogen) atoms. The average molecular weight is 323 g/mol. The Kier molecular flexibility index (Phi) is 3.44. The molecule has 0 aliphatic carbocycles. The largest absolute Gasteiger partial charge is 0.275 e. The van der Waals surface area contributed by atoms with Gasteiger partial charge in [0.1, 0.15) is 5.03 Å². The number of hydrogen-bond acceptors (Lipinski definition) is 4. The molecule has 5 heteroatoms. The highest BCUT2D eigenvalue weighted by Crippen LogP contribution is 2.35. The molecule has 1 aromatic carbocycles. The number of benzene rings is 1. The molecule has 0 saturated heterocycles. The number of aryl methyl sites for hydroxylation is 1. The summed E-state index contributed by atoms with van der Waals surface area (Å²) in [7, 11) is 1.93. The Morgan fingerprint density at radius 3 is 2.73 bits per heavy atom. The van der Waals surface area contributed by atoms with Gasteiger partial charge in [-0.05, 0) is 24.3 Å². The summed E-state index contributed by atoms with van der Waals surface area (Å²) in [5.41, 5.74) is 3.32. The first kappa shape index (κ1) is 13.5. The van der Waals surface area contributed by atoms with Gasteiger partial charge in [-0.15, -0.1) is 11.3 Å². The van der Waals surface area contributed by atoms with Crippen molar-refractivity contribution in [1.29, 1.82) is 0 Å². The van der Waals surface area contributed by atoms with Crippen LogP contribution >= 0.6 is 23.1 Å². The summed E-state index contributed by atoms with van der Waals surface area (Å²) in [6, 6.07) is 14.6. The van der Waals surface area contributed by atoms with Crippen molar-refractivity contribution in [2.24, 2.45) is 7.05 Å². The third kappa shape index (κ3) is 2.53. The zero-order chi connectivity index (χ0) is 14.9. The number of rotatable bonds is 3. The van der Waals surface area contributed by atoms with E-state index >= 15 is 0 Å². The van der Waals surface area contributed by atoms with E-state index in [-0.39, 0.29) is 0 Å². The number of pyridine rings is 1. The van der Waals surface area contributed by atoms with Gasteiger partial charge in [-0.2, -0.15) is 5.10 Å². The fourth-order valence-electron chi connectivity index (χ4n) is 2.33. The van der Waals surface area contributed by atoms with Crippen molar-refractivity contribution in [3.05, 3.63) is 60.2 Å². The fourth-order valence-corrected chi connectivity index (χ4v) is 4.04. The van der Waals surface area contributed by atoms with Crippen molar-refractivity contribution >= 4 is 33.3 Å². The second-order valence-corrected chi connectivity index (χ2v) is 6.97. The van der Waals surface area contributed by atoms with Crippen LogP contribution < -0.4 is 0 Å². The Balaban J connectivity index is 1.76. The molecule has 0 spiro atoms. The van der Waals surface area contributed by atoms with Crippen LogP contribution in [0, 0.1) is 0 Å². The van der Waals surface area contributed by atoms with Crippen molar-refractivity contribution in [2.75, 3.05) is 0 Å². The third-order valence-corrected chi connectivity index (χ3v) is 5.25. The van der Waals surface area contributed by atoms with E-state index < -0.39 is 0 Å². The molecule has 0 aliphatic rings. The van der Waals surface area contributed by atoms with E-state index in [1.165, 1.54) is 9.60 Å². The Labute approximate surface area is 136 Å². The molecule has 0 bridgehead atoms. The van der Waals surface area contributed by atoms with Crippen molar-refractivity contribution in [2.45, 2.75) is 9.92 Å². The number of thiophene rings is 1. The molecule has 0 radical (unpaired) electrons. The molecule has 3 nitrogen and oxygen atoms in total. The standard InChI is InChI=1S/C17H13N3S2/c1-20-10-12(9-18-20)14-11-21-15-7-8-16(19-17(14)15)22-13-5-3-2-4-6-13/h2-11H,1H3. The minimum Gasteiger partial charge on any atom is -0.275 e. The second-order valence-electron chi connectivity index (χ2n) is 4.96. The molecule has 0 atom stereocenters. The van der Waals surface area contributed by atoms with Crippen LogP contribution in [0.3, 0.4) is 0 Å². The normalized spacial score (nSPS) is 11.1. The van der Waals surface area contributed by atoms with Gasteiger partial charge in [-0.1, -0.05) is 30.0 Å². The first-order valence-corrected chi connectivity index (χ1v) is 8.59. The summed E-state index contributed by atoms with van der Waals surface area (Å²) in [6.45, 7) is 0. The monoisotopic (exact) mass is 323 g/mol. The summed E-state index contributed by atoms with van der Waals surface area (Å²) < 4.78 is 3.03. The Morgan fingerprint density at radius 1 is 1.09 bits per heavy atom. The lowest BCUT2D eigenvalue weighted by Gasteiger charge is -2.02. The predicted octanol–water partition coefficient (Wildman–Crippen LogP) is 4.85. The Morgan fingerprint density at radius 2 is 1.95 bits per heavy atom. The van der Waals surface area contributed by atoms with Crippen LogP contribution in [0.2, 0.25) is 0 Å². The van der Waals surface area contributed by atoms with Crippen molar-refractivity contribution in [3.8, 4) is 11.1 Å². The summed E-state index contributed by atoms with van der Waals surface area (Å²) >= 11 is 3.41. The summed E-state index contributed by atoms with van der Waals surface area (Å²) in [5, 5.41) is 7.43. The average Bonchev–Trinajstić information content (AvgIpc) is 3.14. The molecule has 0 amide bonds. The highest BCUT2D eigenvalue weighted by molar-refractivity contribution is 7.99. The van der Waals surface area contributed by atoms with Crippen molar-refractivity contribution < 1.29 is 0 Å². The van der Waals surface area contributed by atoms with E-state index in [1.54, 1.807) is 23.1 Å². The zero-order valence-electron chi connectivity index (χ0n) is 11.9. The molecule has 3 heterocycles. The van der Waals surface area contributed by atoms with E-state index in [2.05, 4.69) is 34.7 Å². The highest BCUT2D eigenvalue weighted by atomic mass is 32.2. The molecule has 0 saturated carbocycles. The van der Waals surface area contributed by atoms with Gasteiger partial charge in [0.2, 0.25) is 0 Å². The van der Waals surface area contributed by atoms with Gasteiger partial charge in [-0.25, -0.2) is 4.98 Å². The first-order chi connectivity index (χ1) is 10.8. The first-order valence-electron chi connectivity index (χ1n) is 6.90. The summed E-state index contributed by atoms with van der Waals surface area (Å²) in [4.78, 5) is 6.05. The van der Waals surface area contributed by atoms with Gasteiger partial charge < -0.3 is 0 Å². The summed E-state index contributed by atoms with van der Waals surface area (Å²) in [6.07, 6.45) is 3.92. The van der Waals surface area contributed by atoms with Crippen LogP contribution in [0.1, 0.15) is 0 Å². The van der Waals surface area contributed by atoms with Gasteiger partial charge in [0.25, 0.3) is 0 Å². The van der Waals surface area contributed by atoms with Crippen LogP contribution in [-0.2, 0) is 7.05 Å². The topological polar surface area (TPSA) is 30.7 Å². The van der Waals surface area contributed by atoms with Gasteiger partial charge >= 0.3 is 0 Å². The van der Waals surface area contributed by atoms with Crippen LogP contribution in [-0.4, -0.2) is 14.8 Å². The van der Waals surface area contributed by atoms with Gasteiger partial charge in [-0.3, -0.25) is 4.68 Å². The van der Waals surface area contributed by atoms with Crippen LogP contribution in [0.4, 0.5) is 0 Å². The molecule has 0 aliphatic heterocycles. The fraction of sp³-hybridized carbons (Fsp3) is 0.0588. The van der Waals surface area contributed by atoms with Crippen LogP contribution in [0.25, 0.3) is 21.3 Å².